The molecule has 1 aliphatic rings. The van der Waals surface area contributed by atoms with E-state index in [4.69, 9.17) is 9.72 Å². The number of carbonyl (C=O) groups excluding carboxylic acids is 2. The van der Waals surface area contributed by atoms with E-state index < -0.39 is 11.9 Å². The molecule has 0 saturated carbocycles. The molecule has 31 heavy (non-hydrogen) atoms. The van der Waals surface area contributed by atoms with Crippen molar-refractivity contribution in [2.45, 2.75) is 38.5 Å². The average molecular weight is 546 g/mol. The molecule has 0 saturated heterocycles. The maximum Gasteiger partial charge on any atom is 0.339 e. The number of aromatic nitrogens is 1. The number of carbonyl (C=O) groups is 2. The van der Waals surface area contributed by atoms with Crippen molar-refractivity contribution in [3.63, 3.8) is 0 Å². The van der Waals surface area contributed by atoms with Gasteiger partial charge in [0.05, 0.1) is 16.8 Å². The van der Waals surface area contributed by atoms with Crippen molar-refractivity contribution >= 4 is 60.3 Å². The monoisotopic (exact) mass is 544 g/mol. The lowest BCUT2D eigenvalue weighted by molar-refractivity contribution is -0.119. The van der Waals surface area contributed by atoms with Crippen LogP contribution >= 0.6 is 31.9 Å². The van der Waals surface area contributed by atoms with Crippen molar-refractivity contribution in [2.75, 3.05) is 11.9 Å². The van der Waals surface area contributed by atoms with Gasteiger partial charge in [-0.25, -0.2) is 4.79 Å². The van der Waals surface area contributed by atoms with Gasteiger partial charge in [0.2, 0.25) is 0 Å². The smallest absolute Gasteiger partial charge is 0.339 e. The van der Waals surface area contributed by atoms with E-state index in [0.29, 0.717) is 11.3 Å². The Hall–Kier alpha value is -2.25. The van der Waals surface area contributed by atoms with Gasteiger partial charge in [0, 0.05) is 20.0 Å². The van der Waals surface area contributed by atoms with Crippen LogP contribution in [0.2, 0.25) is 0 Å². The number of halogens is 2. The van der Waals surface area contributed by atoms with Gasteiger partial charge in [-0.3, -0.25) is 9.78 Å². The van der Waals surface area contributed by atoms with Crippen LogP contribution in [0.15, 0.2) is 51.4 Å². The lowest BCUT2D eigenvalue weighted by atomic mass is 9.91. The molecule has 3 aromatic rings. The quantitative estimate of drug-likeness (QED) is 0.395. The maximum atomic E-state index is 13.2. The number of ether oxygens (including phenoxy) is 1. The fraction of sp³-hybridized carbons (Fsp3) is 0.292. The number of nitrogens with one attached hydrogen (secondary N) is 1. The van der Waals surface area contributed by atoms with E-state index in [-0.39, 0.29) is 6.61 Å². The number of rotatable bonds is 4. The molecule has 7 heteroatoms. The number of benzene rings is 2. The topological polar surface area (TPSA) is 68.3 Å². The third kappa shape index (κ3) is 5.15. The lowest BCUT2D eigenvalue weighted by Gasteiger charge is -2.18. The van der Waals surface area contributed by atoms with Gasteiger partial charge in [0.15, 0.2) is 6.61 Å². The highest BCUT2D eigenvalue weighted by molar-refractivity contribution is 9.11. The first-order valence-electron chi connectivity index (χ1n) is 10.4. The molecule has 0 bridgehead atoms. The van der Waals surface area contributed by atoms with Crippen molar-refractivity contribution in [1.82, 2.24) is 4.98 Å². The highest BCUT2D eigenvalue weighted by Gasteiger charge is 2.23. The first-order chi connectivity index (χ1) is 15.0. The van der Waals surface area contributed by atoms with E-state index in [1.807, 2.05) is 36.4 Å². The van der Waals surface area contributed by atoms with Gasteiger partial charge < -0.3 is 10.1 Å². The molecule has 1 aromatic heterocycles. The van der Waals surface area contributed by atoms with Gasteiger partial charge in [-0.15, -0.1) is 0 Å². The molecule has 0 aliphatic heterocycles. The molecular formula is C24H22Br2N2O3. The molecule has 1 N–H and O–H groups in total. The summed E-state index contributed by atoms with van der Waals surface area (Å²) in [7, 11) is 0. The van der Waals surface area contributed by atoms with E-state index in [2.05, 4.69) is 37.2 Å². The van der Waals surface area contributed by atoms with Crippen molar-refractivity contribution in [1.29, 1.82) is 0 Å². The molecule has 0 atom stereocenters. The average Bonchev–Trinajstić information content (AvgIpc) is 2.74. The Labute approximate surface area is 197 Å². The van der Waals surface area contributed by atoms with E-state index in [9.17, 15) is 9.59 Å². The number of esters is 1. The number of anilines is 1. The second-order valence-electron chi connectivity index (χ2n) is 7.59. The van der Waals surface area contributed by atoms with Gasteiger partial charge in [0.25, 0.3) is 5.91 Å². The van der Waals surface area contributed by atoms with Crippen LogP contribution < -0.4 is 5.32 Å². The SMILES string of the molecule is O=C(COC(=O)c1c2c(nc3ccccc13)CCCCCC2)Nc1ccc(Br)cc1Br. The number of aryl methyl sites for hydroxylation is 1. The minimum Gasteiger partial charge on any atom is -0.452 e. The summed E-state index contributed by atoms with van der Waals surface area (Å²) in [5, 5.41) is 3.55. The molecule has 160 valence electrons. The molecule has 1 heterocycles. The van der Waals surface area contributed by atoms with Crippen LogP contribution in [0, 0.1) is 0 Å². The van der Waals surface area contributed by atoms with E-state index in [1.54, 1.807) is 6.07 Å². The summed E-state index contributed by atoms with van der Waals surface area (Å²) in [6.07, 6.45) is 6.07. The van der Waals surface area contributed by atoms with Crippen LogP contribution in [-0.4, -0.2) is 23.5 Å². The first-order valence-corrected chi connectivity index (χ1v) is 11.9. The summed E-state index contributed by atoms with van der Waals surface area (Å²) in [6, 6.07) is 13.1. The van der Waals surface area contributed by atoms with Crippen LogP contribution in [-0.2, 0) is 22.4 Å². The van der Waals surface area contributed by atoms with Gasteiger partial charge in [-0.2, -0.15) is 0 Å². The summed E-state index contributed by atoms with van der Waals surface area (Å²) in [6.45, 7) is -0.354. The Morgan fingerprint density at radius 1 is 1.00 bits per heavy atom. The number of fused-ring (bicyclic) bond motifs is 2. The summed E-state index contributed by atoms with van der Waals surface area (Å²) in [4.78, 5) is 30.4. The van der Waals surface area contributed by atoms with Gasteiger partial charge in [-0.05, 0) is 71.4 Å². The summed E-state index contributed by atoms with van der Waals surface area (Å²) < 4.78 is 7.10. The Morgan fingerprint density at radius 3 is 2.58 bits per heavy atom. The van der Waals surface area contributed by atoms with Gasteiger partial charge in [0.1, 0.15) is 0 Å². The molecule has 0 fully saturated rings. The molecule has 0 unspecified atom stereocenters. The molecule has 1 amide bonds. The van der Waals surface area contributed by atoms with Crippen molar-refractivity contribution in [3.8, 4) is 0 Å². The first kappa shape index (κ1) is 22.0. The van der Waals surface area contributed by atoms with E-state index in [0.717, 1.165) is 63.2 Å². The number of pyridine rings is 1. The maximum absolute atomic E-state index is 13.2. The highest BCUT2D eigenvalue weighted by atomic mass is 79.9. The van der Waals surface area contributed by atoms with Crippen LogP contribution in [0.5, 0.6) is 0 Å². The summed E-state index contributed by atoms with van der Waals surface area (Å²) in [5.74, 6) is -0.863. The van der Waals surface area contributed by atoms with Crippen molar-refractivity contribution in [3.05, 3.63) is 68.2 Å². The van der Waals surface area contributed by atoms with Crippen molar-refractivity contribution in [2.24, 2.45) is 0 Å². The van der Waals surface area contributed by atoms with Crippen molar-refractivity contribution < 1.29 is 14.3 Å². The fourth-order valence-electron chi connectivity index (χ4n) is 3.94. The van der Waals surface area contributed by atoms with E-state index >= 15 is 0 Å². The standard InChI is InChI=1S/C24H22Br2N2O3/c25-15-11-12-21(18(26)13-15)28-22(29)14-31-24(30)23-16-7-3-1-2-4-9-19(16)27-20-10-6-5-8-17(20)23/h5-6,8,10-13H,1-4,7,9,14H2,(H,28,29). The minimum atomic E-state index is -0.472. The molecule has 0 radical (unpaired) electrons. The summed E-state index contributed by atoms with van der Waals surface area (Å²) >= 11 is 6.80. The number of hydrogen-bond acceptors (Lipinski definition) is 4. The van der Waals surface area contributed by atoms with Crippen LogP contribution in [0.3, 0.4) is 0 Å². The third-order valence-electron chi connectivity index (χ3n) is 5.41. The predicted molar refractivity (Wildman–Crippen MR) is 128 cm³/mol. The molecule has 2 aromatic carbocycles. The van der Waals surface area contributed by atoms with Crippen LogP contribution in [0.25, 0.3) is 10.9 Å². The predicted octanol–water partition coefficient (Wildman–Crippen LogP) is 6.21. The molecule has 5 nitrogen and oxygen atoms in total. The van der Waals surface area contributed by atoms with E-state index in [1.165, 1.54) is 6.42 Å². The molecule has 1 aliphatic carbocycles. The van der Waals surface area contributed by atoms with Gasteiger partial charge in [-0.1, -0.05) is 47.0 Å². The normalized spacial score (nSPS) is 13.7. The zero-order chi connectivity index (χ0) is 21.8. The zero-order valence-electron chi connectivity index (χ0n) is 16.9. The third-order valence-corrected chi connectivity index (χ3v) is 6.56. The summed E-state index contributed by atoms with van der Waals surface area (Å²) in [5.41, 5.74) is 3.91. The Balaban J connectivity index is 1.57. The Morgan fingerprint density at radius 2 is 1.77 bits per heavy atom. The van der Waals surface area contributed by atoms with Crippen LogP contribution in [0.1, 0.15) is 47.3 Å². The Kier molecular flexibility index (Phi) is 7.02. The number of para-hydroxylation sites is 1. The molecule has 4 rings (SSSR count). The second-order valence-corrected chi connectivity index (χ2v) is 9.36. The fourth-order valence-corrected chi connectivity index (χ4v) is 5.09. The minimum absolute atomic E-state index is 0.354. The zero-order valence-corrected chi connectivity index (χ0v) is 20.1. The number of hydrogen-bond donors (Lipinski definition) is 1. The largest absolute Gasteiger partial charge is 0.452 e. The number of nitrogens with zero attached hydrogens (tertiary/aromatic N) is 1. The van der Waals surface area contributed by atoms with Crippen LogP contribution in [0.4, 0.5) is 5.69 Å². The Bertz CT molecular complexity index is 1150. The molecular weight excluding hydrogens is 524 g/mol. The highest BCUT2D eigenvalue weighted by Crippen LogP contribution is 2.29. The second kappa shape index (κ2) is 9.92. The lowest BCUT2D eigenvalue weighted by Crippen LogP contribution is -2.22. The van der Waals surface area contributed by atoms with Gasteiger partial charge >= 0.3 is 5.97 Å². The molecule has 0 spiro atoms. The number of amides is 1.